The smallest absolute Gasteiger partial charge is 0.342 e. The molecule has 0 aliphatic heterocycles. The van der Waals surface area contributed by atoms with E-state index in [0.717, 1.165) is 0 Å². The van der Waals surface area contributed by atoms with E-state index < -0.39 is 31.0 Å². The lowest BCUT2D eigenvalue weighted by atomic mass is 10.2. The first-order valence-corrected chi connectivity index (χ1v) is 11.2. The van der Waals surface area contributed by atoms with E-state index in [2.05, 4.69) is 10.6 Å². The lowest BCUT2D eigenvalue weighted by molar-refractivity contribution is -0.119. The fourth-order valence-corrected chi connectivity index (χ4v) is 3.37. The molecule has 2 amide bonds. The SMILES string of the molecule is COc1ccc(Cl)cc1NC(=O)COC(=O)c1ccccc1OCC(=O)Nc1ccc(Cl)cc1OC. The second-order valence-corrected chi connectivity index (χ2v) is 8.02. The van der Waals surface area contributed by atoms with Crippen LogP contribution in [0.2, 0.25) is 10.0 Å². The Balaban J connectivity index is 1.57. The molecule has 188 valence electrons. The zero-order chi connectivity index (χ0) is 26.1. The van der Waals surface area contributed by atoms with Crippen molar-refractivity contribution in [1.29, 1.82) is 0 Å². The summed E-state index contributed by atoms with van der Waals surface area (Å²) >= 11 is 11.9. The summed E-state index contributed by atoms with van der Waals surface area (Å²) in [4.78, 5) is 37.2. The number of anilines is 2. The Kier molecular flexibility index (Phi) is 9.38. The lowest BCUT2D eigenvalue weighted by Gasteiger charge is -2.13. The Morgan fingerprint density at radius 1 is 0.722 bits per heavy atom. The number of nitrogens with one attached hydrogen (secondary N) is 2. The molecule has 0 saturated heterocycles. The Morgan fingerprint density at radius 2 is 1.36 bits per heavy atom. The maximum absolute atomic E-state index is 12.6. The number of methoxy groups -OCH3 is 2. The molecule has 0 aliphatic rings. The molecule has 2 N–H and O–H groups in total. The van der Waals surface area contributed by atoms with Gasteiger partial charge in [0.2, 0.25) is 0 Å². The summed E-state index contributed by atoms with van der Waals surface area (Å²) < 4.78 is 21.0. The summed E-state index contributed by atoms with van der Waals surface area (Å²) in [6, 6.07) is 15.6. The van der Waals surface area contributed by atoms with Crippen molar-refractivity contribution in [3.8, 4) is 17.2 Å². The van der Waals surface area contributed by atoms with Gasteiger partial charge in [0.25, 0.3) is 11.8 Å². The molecular formula is C25H22Cl2N2O7. The van der Waals surface area contributed by atoms with Crippen LogP contribution in [0.15, 0.2) is 60.7 Å². The molecule has 3 rings (SSSR count). The average Bonchev–Trinajstić information content (AvgIpc) is 2.87. The fourth-order valence-electron chi connectivity index (χ4n) is 3.03. The number of esters is 1. The number of hydrogen-bond donors (Lipinski definition) is 2. The lowest BCUT2D eigenvalue weighted by Crippen LogP contribution is -2.23. The first-order chi connectivity index (χ1) is 17.3. The highest BCUT2D eigenvalue weighted by atomic mass is 35.5. The minimum Gasteiger partial charge on any atom is -0.495 e. The van der Waals surface area contributed by atoms with E-state index >= 15 is 0 Å². The quantitative estimate of drug-likeness (QED) is 0.360. The number of carbonyl (C=O) groups is 3. The Morgan fingerprint density at radius 3 is 2.11 bits per heavy atom. The van der Waals surface area contributed by atoms with Gasteiger partial charge in [-0.3, -0.25) is 9.59 Å². The molecule has 11 heteroatoms. The van der Waals surface area contributed by atoms with Crippen molar-refractivity contribution in [2.24, 2.45) is 0 Å². The average molecular weight is 533 g/mol. The van der Waals surface area contributed by atoms with Crippen molar-refractivity contribution in [2.75, 3.05) is 38.1 Å². The molecule has 0 fully saturated rings. The Hall–Kier alpha value is -3.95. The summed E-state index contributed by atoms with van der Waals surface area (Å²) in [6.07, 6.45) is 0. The minimum atomic E-state index is -0.807. The first kappa shape index (κ1) is 26.7. The van der Waals surface area contributed by atoms with Crippen molar-refractivity contribution in [2.45, 2.75) is 0 Å². The molecule has 0 unspecified atom stereocenters. The van der Waals surface area contributed by atoms with Crippen molar-refractivity contribution >= 4 is 52.4 Å². The van der Waals surface area contributed by atoms with Crippen LogP contribution in [0.3, 0.4) is 0 Å². The molecule has 0 spiro atoms. The normalized spacial score (nSPS) is 10.2. The standard InChI is InChI=1S/C25H22Cl2N2O7/c1-33-21-10-8-15(26)11-19(21)29-24(31)14-36-25(32)17-5-3-4-6-20(17)35-13-23(30)28-18-9-7-16(27)12-22(18)34-2/h3-12H,13-14H2,1-2H3,(H,28,30)(H,29,31). The third-order valence-corrected chi connectivity index (χ3v) is 5.14. The van der Waals surface area contributed by atoms with Crippen molar-refractivity contribution in [1.82, 2.24) is 0 Å². The predicted octanol–water partition coefficient (Wildman–Crippen LogP) is 4.82. The van der Waals surface area contributed by atoms with E-state index in [0.29, 0.717) is 32.9 Å². The van der Waals surface area contributed by atoms with Crippen LogP contribution in [0.4, 0.5) is 11.4 Å². The number of benzene rings is 3. The fraction of sp³-hybridized carbons (Fsp3) is 0.160. The minimum absolute atomic E-state index is 0.0440. The number of para-hydroxylation sites is 1. The van der Waals surface area contributed by atoms with Crippen molar-refractivity contribution in [3.05, 3.63) is 76.3 Å². The molecule has 0 bridgehead atoms. The van der Waals surface area contributed by atoms with Crippen LogP contribution in [0.25, 0.3) is 0 Å². The number of ether oxygens (including phenoxy) is 4. The van der Waals surface area contributed by atoms with E-state index in [-0.39, 0.29) is 11.3 Å². The highest BCUT2D eigenvalue weighted by Crippen LogP contribution is 2.29. The van der Waals surface area contributed by atoms with Crippen molar-refractivity contribution in [3.63, 3.8) is 0 Å². The number of carbonyl (C=O) groups excluding carboxylic acids is 3. The molecule has 0 aromatic heterocycles. The van der Waals surface area contributed by atoms with E-state index in [1.165, 1.54) is 32.4 Å². The van der Waals surface area contributed by atoms with Gasteiger partial charge in [0, 0.05) is 16.1 Å². The van der Waals surface area contributed by atoms with Gasteiger partial charge in [0.15, 0.2) is 13.2 Å². The highest BCUT2D eigenvalue weighted by molar-refractivity contribution is 6.31. The van der Waals surface area contributed by atoms with Gasteiger partial charge in [0.05, 0.1) is 25.6 Å². The molecule has 3 aromatic rings. The maximum atomic E-state index is 12.6. The van der Waals surface area contributed by atoms with Gasteiger partial charge < -0.3 is 29.6 Å². The van der Waals surface area contributed by atoms with Gasteiger partial charge in [-0.25, -0.2) is 4.79 Å². The molecule has 0 radical (unpaired) electrons. The summed E-state index contributed by atoms with van der Waals surface area (Å²) in [5.41, 5.74) is 0.783. The summed E-state index contributed by atoms with van der Waals surface area (Å²) in [5.74, 6) is -1.01. The summed E-state index contributed by atoms with van der Waals surface area (Å²) in [7, 11) is 2.90. The van der Waals surface area contributed by atoms with Crippen LogP contribution in [0.1, 0.15) is 10.4 Å². The third kappa shape index (κ3) is 7.27. The van der Waals surface area contributed by atoms with E-state index in [1.807, 2.05) is 0 Å². The number of amides is 2. The zero-order valence-corrected chi connectivity index (χ0v) is 20.8. The Labute approximate surface area is 217 Å². The summed E-state index contributed by atoms with van der Waals surface area (Å²) in [6.45, 7) is -0.967. The largest absolute Gasteiger partial charge is 0.495 e. The van der Waals surface area contributed by atoms with Gasteiger partial charge in [-0.15, -0.1) is 0 Å². The number of halogens is 2. The van der Waals surface area contributed by atoms with Gasteiger partial charge in [-0.2, -0.15) is 0 Å². The molecule has 0 saturated carbocycles. The topological polar surface area (TPSA) is 112 Å². The third-order valence-electron chi connectivity index (χ3n) is 4.67. The van der Waals surface area contributed by atoms with Gasteiger partial charge in [0.1, 0.15) is 22.8 Å². The van der Waals surface area contributed by atoms with E-state index in [1.54, 1.807) is 42.5 Å². The highest BCUT2D eigenvalue weighted by Gasteiger charge is 2.17. The van der Waals surface area contributed by atoms with Crippen LogP contribution < -0.4 is 24.8 Å². The van der Waals surface area contributed by atoms with Gasteiger partial charge >= 0.3 is 5.97 Å². The molecular weight excluding hydrogens is 511 g/mol. The van der Waals surface area contributed by atoms with Crippen molar-refractivity contribution < 1.29 is 33.3 Å². The number of hydrogen-bond acceptors (Lipinski definition) is 7. The predicted molar refractivity (Wildman–Crippen MR) is 135 cm³/mol. The molecule has 9 nitrogen and oxygen atoms in total. The van der Waals surface area contributed by atoms with Gasteiger partial charge in [-0.05, 0) is 42.5 Å². The second-order valence-electron chi connectivity index (χ2n) is 7.15. The van der Waals surface area contributed by atoms with Crippen LogP contribution in [-0.4, -0.2) is 45.2 Å². The van der Waals surface area contributed by atoms with E-state index in [9.17, 15) is 14.4 Å². The molecule has 0 atom stereocenters. The zero-order valence-electron chi connectivity index (χ0n) is 19.3. The monoisotopic (exact) mass is 532 g/mol. The van der Waals surface area contributed by atoms with Crippen LogP contribution >= 0.6 is 23.2 Å². The molecule has 3 aromatic carbocycles. The Bertz CT molecular complexity index is 1270. The maximum Gasteiger partial charge on any atom is 0.342 e. The summed E-state index contributed by atoms with van der Waals surface area (Å²) in [5, 5.41) is 6.07. The number of rotatable bonds is 10. The first-order valence-electron chi connectivity index (χ1n) is 10.5. The van der Waals surface area contributed by atoms with Crippen LogP contribution in [0, 0.1) is 0 Å². The molecule has 0 aliphatic carbocycles. The van der Waals surface area contributed by atoms with Crippen LogP contribution in [-0.2, 0) is 14.3 Å². The van der Waals surface area contributed by atoms with E-state index in [4.69, 9.17) is 42.1 Å². The second kappa shape index (κ2) is 12.7. The van der Waals surface area contributed by atoms with Gasteiger partial charge in [-0.1, -0.05) is 35.3 Å². The molecule has 36 heavy (non-hydrogen) atoms. The molecule has 0 heterocycles. The van der Waals surface area contributed by atoms with Crippen LogP contribution in [0.5, 0.6) is 17.2 Å².